The molecule has 1 N–H and O–H groups in total. The summed E-state index contributed by atoms with van der Waals surface area (Å²) in [6, 6.07) is 21.5. The Kier molecular flexibility index (Phi) is 5.95. The minimum Gasteiger partial charge on any atom is -0.480 e. The Morgan fingerprint density at radius 3 is 2.68 bits per heavy atom. The molecular formula is C25H20FN3O2. The molecule has 0 aliphatic carbocycles. The largest absolute Gasteiger partial charge is 0.480 e. The fourth-order valence-electron chi connectivity index (χ4n) is 3.21. The number of hydrogen-bond acceptors (Lipinski definition) is 3. The van der Waals surface area contributed by atoms with Crippen molar-refractivity contribution < 1.29 is 13.9 Å². The summed E-state index contributed by atoms with van der Waals surface area (Å²) in [5.41, 5.74) is 1.73. The Hall–Kier alpha value is -4.11. The van der Waals surface area contributed by atoms with Gasteiger partial charge in [0.2, 0.25) is 0 Å². The maximum atomic E-state index is 13.1. The van der Waals surface area contributed by atoms with Gasteiger partial charge in [0.05, 0.1) is 12.2 Å². The minimum absolute atomic E-state index is 0.189. The van der Waals surface area contributed by atoms with Crippen molar-refractivity contribution in [1.29, 1.82) is 0 Å². The number of fused-ring (bicyclic) bond motifs is 1. The van der Waals surface area contributed by atoms with Crippen molar-refractivity contribution in [2.24, 2.45) is 7.05 Å². The highest BCUT2D eigenvalue weighted by Crippen LogP contribution is 2.24. The van der Waals surface area contributed by atoms with Crippen LogP contribution in [0.15, 0.2) is 72.8 Å². The van der Waals surface area contributed by atoms with E-state index >= 15 is 0 Å². The maximum absolute atomic E-state index is 13.1. The van der Waals surface area contributed by atoms with Crippen molar-refractivity contribution in [2.45, 2.75) is 0 Å². The van der Waals surface area contributed by atoms with Crippen LogP contribution < -0.4 is 10.1 Å². The van der Waals surface area contributed by atoms with Crippen molar-refractivity contribution in [2.75, 3.05) is 13.2 Å². The lowest BCUT2D eigenvalue weighted by atomic mass is 10.1. The molecule has 0 unspecified atom stereocenters. The smallest absolute Gasteiger partial charge is 0.270 e. The number of amides is 1. The van der Waals surface area contributed by atoms with E-state index in [-0.39, 0.29) is 24.9 Å². The van der Waals surface area contributed by atoms with Gasteiger partial charge in [-0.3, -0.25) is 9.48 Å². The molecule has 31 heavy (non-hydrogen) atoms. The molecule has 1 aromatic heterocycles. The first-order chi connectivity index (χ1) is 15.1. The van der Waals surface area contributed by atoms with E-state index in [0.717, 1.165) is 22.1 Å². The standard InChI is InChI=1S/C25H20FN3O2/c1-29-23(17-22(28-29)19-11-13-20(26)14-12-19)25(30)27-15-4-5-16-31-24-10-6-8-18-7-2-3-9-21(18)24/h2-3,6-14,17H,15-16H2,1H3,(H,27,30). The van der Waals surface area contributed by atoms with E-state index in [2.05, 4.69) is 22.3 Å². The SMILES string of the molecule is Cn1nc(-c2ccc(F)cc2)cc1C(=O)NCC#CCOc1cccc2ccccc12. The Bertz CT molecular complexity index is 1280. The van der Waals surface area contributed by atoms with Crippen LogP contribution in [0.1, 0.15) is 10.5 Å². The van der Waals surface area contributed by atoms with E-state index in [1.807, 2.05) is 42.5 Å². The van der Waals surface area contributed by atoms with Gasteiger partial charge in [0.1, 0.15) is 23.9 Å². The third-order valence-corrected chi connectivity index (χ3v) is 4.76. The molecule has 0 aliphatic heterocycles. The van der Waals surface area contributed by atoms with Crippen LogP contribution >= 0.6 is 0 Å². The fraction of sp³-hybridized carbons (Fsp3) is 0.120. The van der Waals surface area contributed by atoms with Crippen LogP contribution in [-0.2, 0) is 7.05 Å². The van der Waals surface area contributed by atoms with Crippen molar-refractivity contribution in [3.05, 3.63) is 84.3 Å². The second-order valence-electron chi connectivity index (χ2n) is 6.85. The van der Waals surface area contributed by atoms with Crippen molar-refractivity contribution in [1.82, 2.24) is 15.1 Å². The number of ether oxygens (including phenoxy) is 1. The average molecular weight is 413 g/mol. The summed E-state index contributed by atoms with van der Waals surface area (Å²) in [5.74, 6) is 5.98. The number of nitrogens with one attached hydrogen (secondary N) is 1. The number of benzene rings is 3. The zero-order chi connectivity index (χ0) is 21.6. The van der Waals surface area contributed by atoms with E-state index in [0.29, 0.717) is 11.4 Å². The Morgan fingerprint density at radius 2 is 1.84 bits per heavy atom. The number of carbonyl (C=O) groups excluding carboxylic acids is 1. The van der Waals surface area contributed by atoms with E-state index in [4.69, 9.17) is 4.74 Å². The quantitative estimate of drug-likeness (QED) is 0.499. The van der Waals surface area contributed by atoms with Crippen LogP contribution in [0.3, 0.4) is 0 Å². The van der Waals surface area contributed by atoms with Crippen molar-refractivity contribution in [3.63, 3.8) is 0 Å². The molecule has 1 amide bonds. The molecule has 0 spiro atoms. The number of nitrogens with zero attached hydrogens (tertiary/aromatic N) is 2. The topological polar surface area (TPSA) is 56.2 Å². The van der Waals surface area contributed by atoms with Gasteiger partial charge < -0.3 is 10.1 Å². The molecule has 4 aromatic rings. The van der Waals surface area contributed by atoms with Crippen LogP contribution in [0.25, 0.3) is 22.0 Å². The third kappa shape index (κ3) is 4.73. The summed E-state index contributed by atoms with van der Waals surface area (Å²) in [6.45, 7) is 0.416. The molecule has 154 valence electrons. The van der Waals surface area contributed by atoms with E-state index < -0.39 is 0 Å². The zero-order valence-electron chi connectivity index (χ0n) is 16.9. The van der Waals surface area contributed by atoms with E-state index in [1.54, 1.807) is 25.2 Å². The molecule has 1 heterocycles. The molecule has 0 bridgehead atoms. The van der Waals surface area contributed by atoms with Crippen LogP contribution in [0.2, 0.25) is 0 Å². The lowest BCUT2D eigenvalue weighted by molar-refractivity contribution is 0.0949. The Morgan fingerprint density at radius 1 is 1.06 bits per heavy atom. The number of hydrogen-bond donors (Lipinski definition) is 1. The lowest BCUT2D eigenvalue weighted by Crippen LogP contribution is -2.25. The van der Waals surface area contributed by atoms with Crippen molar-refractivity contribution >= 4 is 16.7 Å². The van der Waals surface area contributed by atoms with Gasteiger partial charge in [-0.1, -0.05) is 48.2 Å². The highest BCUT2D eigenvalue weighted by atomic mass is 19.1. The molecule has 0 aliphatic rings. The van der Waals surface area contributed by atoms with Crippen molar-refractivity contribution in [3.8, 4) is 28.8 Å². The molecule has 4 rings (SSSR count). The number of halogens is 1. The Balaban J connectivity index is 1.32. The van der Waals surface area contributed by atoms with E-state index in [9.17, 15) is 9.18 Å². The normalized spacial score (nSPS) is 10.4. The third-order valence-electron chi connectivity index (χ3n) is 4.76. The molecule has 0 atom stereocenters. The predicted molar refractivity (Wildman–Crippen MR) is 118 cm³/mol. The number of rotatable bonds is 5. The molecule has 3 aromatic carbocycles. The van der Waals surface area contributed by atoms with Crippen LogP contribution in [-0.4, -0.2) is 28.8 Å². The second-order valence-corrected chi connectivity index (χ2v) is 6.85. The summed E-state index contributed by atoms with van der Waals surface area (Å²) in [5, 5.41) is 9.22. The van der Waals surface area contributed by atoms with Gasteiger partial charge in [-0.25, -0.2) is 4.39 Å². The summed E-state index contributed by atoms with van der Waals surface area (Å²) in [4.78, 5) is 12.4. The summed E-state index contributed by atoms with van der Waals surface area (Å²) in [7, 11) is 1.69. The number of aryl methyl sites for hydroxylation is 1. The first kappa shape index (κ1) is 20.2. The zero-order valence-corrected chi connectivity index (χ0v) is 16.9. The summed E-state index contributed by atoms with van der Waals surface area (Å²) in [6.07, 6.45) is 0. The van der Waals surface area contributed by atoms with E-state index in [1.165, 1.54) is 16.8 Å². The molecule has 0 radical (unpaired) electrons. The van der Waals surface area contributed by atoms with Gasteiger partial charge in [-0.2, -0.15) is 5.10 Å². The molecule has 5 nitrogen and oxygen atoms in total. The van der Waals surface area contributed by atoms with Gasteiger partial charge in [-0.05, 0) is 41.8 Å². The highest BCUT2D eigenvalue weighted by molar-refractivity contribution is 5.93. The maximum Gasteiger partial charge on any atom is 0.270 e. The van der Waals surface area contributed by atoms with Gasteiger partial charge in [0, 0.05) is 18.0 Å². The molecule has 0 fully saturated rings. The monoisotopic (exact) mass is 413 g/mol. The van der Waals surface area contributed by atoms with Crippen LogP contribution in [0.5, 0.6) is 5.75 Å². The van der Waals surface area contributed by atoms with Gasteiger partial charge >= 0.3 is 0 Å². The fourth-order valence-corrected chi connectivity index (χ4v) is 3.21. The number of aromatic nitrogens is 2. The first-order valence-electron chi connectivity index (χ1n) is 9.76. The minimum atomic E-state index is -0.319. The van der Waals surface area contributed by atoms with Crippen LogP contribution in [0.4, 0.5) is 4.39 Å². The highest BCUT2D eigenvalue weighted by Gasteiger charge is 2.13. The second kappa shape index (κ2) is 9.14. The molecule has 6 heteroatoms. The average Bonchev–Trinajstić information content (AvgIpc) is 3.18. The lowest BCUT2D eigenvalue weighted by Gasteiger charge is -2.06. The Labute approximate surface area is 179 Å². The molecular weight excluding hydrogens is 393 g/mol. The van der Waals surface area contributed by atoms with Crippen LogP contribution in [0, 0.1) is 17.7 Å². The van der Waals surface area contributed by atoms with Gasteiger partial charge in [-0.15, -0.1) is 0 Å². The number of carbonyl (C=O) groups is 1. The first-order valence-corrected chi connectivity index (χ1v) is 9.76. The predicted octanol–water partition coefficient (Wildman–Crippen LogP) is 4.19. The molecule has 0 saturated carbocycles. The van der Waals surface area contributed by atoms with Gasteiger partial charge in [0.15, 0.2) is 0 Å². The summed E-state index contributed by atoms with van der Waals surface area (Å²) >= 11 is 0. The van der Waals surface area contributed by atoms with Gasteiger partial charge in [0.25, 0.3) is 5.91 Å². The molecule has 0 saturated heterocycles. The summed E-state index contributed by atoms with van der Waals surface area (Å²) < 4.78 is 20.4.